The lowest BCUT2D eigenvalue weighted by Gasteiger charge is -2.12. The predicted octanol–water partition coefficient (Wildman–Crippen LogP) is -0.0806. The summed E-state index contributed by atoms with van der Waals surface area (Å²) in [6.45, 7) is 0.242. The fourth-order valence-corrected chi connectivity index (χ4v) is 1.29. The van der Waals surface area contributed by atoms with Crippen LogP contribution >= 0.6 is 0 Å². The third kappa shape index (κ3) is 3.86. The standard InChI is InChI=1S/C11H14N2O4/c12-6-7-3-1-2-4-8(7)13-11(17)9(14)5-10(15)16/h1-4,9,14H,5-6,12H2,(H,13,17)(H,15,16). The molecule has 0 aromatic heterocycles. The number of aliphatic hydroxyl groups excluding tert-OH is 1. The Kier molecular flexibility index (Phi) is 4.62. The lowest BCUT2D eigenvalue weighted by Crippen LogP contribution is -2.30. The average molecular weight is 238 g/mol. The van der Waals surface area contributed by atoms with Crippen LogP contribution in [0, 0.1) is 0 Å². The summed E-state index contributed by atoms with van der Waals surface area (Å²) in [5.41, 5.74) is 6.66. The van der Waals surface area contributed by atoms with E-state index in [-0.39, 0.29) is 6.54 Å². The molecule has 92 valence electrons. The molecule has 1 amide bonds. The number of aliphatic hydroxyl groups is 1. The van der Waals surface area contributed by atoms with Crippen molar-refractivity contribution in [3.05, 3.63) is 29.8 Å². The van der Waals surface area contributed by atoms with E-state index in [2.05, 4.69) is 5.32 Å². The minimum absolute atomic E-state index is 0.242. The Bertz CT molecular complexity index is 420. The average Bonchev–Trinajstić information content (AvgIpc) is 2.28. The summed E-state index contributed by atoms with van der Waals surface area (Å²) in [6, 6.07) is 6.84. The van der Waals surface area contributed by atoms with Crippen LogP contribution in [-0.2, 0) is 16.1 Å². The van der Waals surface area contributed by atoms with Gasteiger partial charge >= 0.3 is 5.97 Å². The van der Waals surface area contributed by atoms with Crippen molar-refractivity contribution >= 4 is 17.6 Å². The van der Waals surface area contributed by atoms with Gasteiger partial charge in [0.1, 0.15) is 6.10 Å². The first-order chi connectivity index (χ1) is 8.04. The number of carboxylic acid groups (broad SMARTS) is 1. The third-order valence-corrected chi connectivity index (χ3v) is 2.17. The van der Waals surface area contributed by atoms with Crippen LogP contribution in [0.4, 0.5) is 5.69 Å². The summed E-state index contributed by atoms with van der Waals surface area (Å²) < 4.78 is 0. The summed E-state index contributed by atoms with van der Waals surface area (Å²) in [6.07, 6.45) is -2.20. The number of hydrogen-bond donors (Lipinski definition) is 4. The number of para-hydroxylation sites is 1. The molecule has 0 aliphatic carbocycles. The van der Waals surface area contributed by atoms with Crippen molar-refractivity contribution in [2.24, 2.45) is 5.73 Å². The van der Waals surface area contributed by atoms with Crippen molar-refractivity contribution in [1.29, 1.82) is 0 Å². The molecule has 6 heteroatoms. The Hall–Kier alpha value is -1.92. The number of hydrogen-bond acceptors (Lipinski definition) is 4. The van der Waals surface area contributed by atoms with Crippen molar-refractivity contribution in [2.75, 3.05) is 5.32 Å². The zero-order valence-electron chi connectivity index (χ0n) is 9.09. The maximum Gasteiger partial charge on any atom is 0.306 e. The highest BCUT2D eigenvalue weighted by molar-refractivity contribution is 5.96. The van der Waals surface area contributed by atoms with Gasteiger partial charge in [-0.25, -0.2) is 0 Å². The van der Waals surface area contributed by atoms with Crippen LogP contribution in [0.2, 0.25) is 0 Å². The molecule has 0 fully saturated rings. The van der Waals surface area contributed by atoms with E-state index in [0.717, 1.165) is 0 Å². The number of benzene rings is 1. The summed E-state index contributed by atoms with van der Waals surface area (Å²) in [5, 5.41) is 20.2. The molecule has 6 nitrogen and oxygen atoms in total. The number of anilines is 1. The van der Waals surface area contributed by atoms with Gasteiger partial charge in [0.2, 0.25) is 0 Å². The SMILES string of the molecule is NCc1ccccc1NC(=O)C(O)CC(=O)O. The van der Waals surface area contributed by atoms with Gasteiger partial charge in [0.05, 0.1) is 6.42 Å². The molecule has 1 rings (SSSR count). The van der Waals surface area contributed by atoms with Gasteiger partial charge in [0.15, 0.2) is 0 Å². The van der Waals surface area contributed by atoms with Crippen molar-refractivity contribution in [1.82, 2.24) is 0 Å². The predicted molar refractivity (Wildman–Crippen MR) is 61.2 cm³/mol. The van der Waals surface area contributed by atoms with Crippen molar-refractivity contribution in [3.8, 4) is 0 Å². The van der Waals surface area contributed by atoms with E-state index in [1.165, 1.54) is 0 Å². The lowest BCUT2D eigenvalue weighted by atomic mass is 10.1. The van der Waals surface area contributed by atoms with Gasteiger partial charge in [-0.15, -0.1) is 0 Å². The van der Waals surface area contributed by atoms with Crippen LogP contribution in [0.25, 0.3) is 0 Å². The maximum absolute atomic E-state index is 11.5. The number of carbonyl (C=O) groups excluding carboxylic acids is 1. The van der Waals surface area contributed by atoms with Gasteiger partial charge in [0, 0.05) is 12.2 Å². The van der Waals surface area contributed by atoms with Gasteiger partial charge in [-0.1, -0.05) is 18.2 Å². The summed E-state index contributed by atoms with van der Waals surface area (Å²) >= 11 is 0. The molecule has 5 N–H and O–H groups in total. The minimum atomic E-state index is -1.57. The molecule has 1 unspecified atom stereocenters. The second-order valence-electron chi connectivity index (χ2n) is 3.46. The Morgan fingerprint density at radius 2 is 2.00 bits per heavy atom. The zero-order valence-corrected chi connectivity index (χ0v) is 9.09. The molecule has 0 spiro atoms. The van der Waals surface area contributed by atoms with E-state index in [0.29, 0.717) is 11.3 Å². The molecule has 0 heterocycles. The number of nitrogens with two attached hydrogens (primary N) is 1. The van der Waals surface area contributed by atoms with Gasteiger partial charge in [-0.3, -0.25) is 9.59 Å². The molecular formula is C11H14N2O4. The molecular weight excluding hydrogens is 224 g/mol. The van der Waals surface area contributed by atoms with Gasteiger partial charge in [-0.05, 0) is 11.6 Å². The van der Waals surface area contributed by atoms with E-state index in [9.17, 15) is 14.7 Å². The Morgan fingerprint density at radius 3 is 2.59 bits per heavy atom. The monoisotopic (exact) mass is 238 g/mol. The highest BCUT2D eigenvalue weighted by Crippen LogP contribution is 2.14. The molecule has 0 saturated heterocycles. The Balaban J connectivity index is 2.70. The molecule has 0 bridgehead atoms. The normalized spacial score (nSPS) is 11.9. The molecule has 0 radical (unpaired) electrons. The first-order valence-corrected chi connectivity index (χ1v) is 5.03. The van der Waals surface area contributed by atoms with E-state index in [1.807, 2.05) is 0 Å². The van der Waals surface area contributed by atoms with Crippen LogP contribution in [0.1, 0.15) is 12.0 Å². The molecule has 0 saturated carbocycles. The smallest absolute Gasteiger partial charge is 0.306 e. The molecule has 0 aliphatic heterocycles. The summed E-state index contributed by atoms with van der Waals surface area (Å²) in [5.74, 6) is -1.99. The van der Waals surface area contributed by atoms with E-state index >= 15 is 0 Å². The van der Waals surface area contributed by atoms with Gasteiger partial charge in [-0.2, -0.15) is 0 Å². The van der Waals surface area contributed by atoms with Crippen molar-refractivity contribution in [3.63, 3.8) is 0 Å². The highest BCUT2D eigenvalue weighted by atomic mass is 16.4. The first kappa shape index (κ1) is 13.1. The second kappa shape index (κ2) is 5.97. The number of amides is 1. The number of nitrogens with one attached hydrogen (secondary N) is 1. The van der Waals surface area contributed by atoms with Crippen LogP contribution in [0.5, 0.6) is 0 Å². The fraction of sp³-hybridized carbons (Fsp3) is 0.273. The Labute approximate surface area is 98.1 Å². The topological polar surface area (TPSA) is 113 Å². The van der Waals surface area contributed by atoms with Crippen molar-refractivity contribution in [2.45, 2.75) is 19.1 Å². The second-order valence-corrected chi connectivity index (χ2v) is 3.46. The zero-order chi connectivity index (χ0) is 12.8. The number of carbonyl (C=O) groups is 2. The number of aliphatic carboxylic acids is 1. The van der Waals surface area contributed by atoms with Crippen LogP contribution in [-0.4, -0.2) is 28.2 Å². The molecule has 17 heavy (non-hydrogen) atoms. The molecule has 1 aromatic carbocycles. The summed E-state index contributed by atoms with van der Waals surface area (Å²) in [7, 11) is 0. The summed E-state index contributed by atoms with van der Waals surface area (Å²) in [4.78, 5) is 21.8. The largest absolute Gasteiger partial charge is 0.481 e. The molecule has 1 atom stereocenters. The highest BCUT2D eigenvalue weighted by Gasteiger charge is 2.19. The van der Waals surface area contributed by atoms with Crippen LogP contribution in [0.15, 0.2) is 24.3 Å². The lowest BCUT2D eigenvalue weighted by molar-refractivity contribution is -0.142. The number of rotatable bonds is 5. The third-order valence-electron chi connectivity index (χ3n) is 2.17. The van der Waals surface area contributed by atoms with E-state index in [1.54, 1.807) is 24.3 Å². The quantitative estimate of drug-likeness (QED) is 0.573. The minimum Gasteiger partial charge on any atom is -0.481 e. The van der Waals surface area contributed by atoms with Crippen LogP contribution < -0.4 is 11.1 Å². The van der Waals surface area contributed by atoms with E-state index in [4.69, 9.17) is 10.8 Å². The molecule has 0 aliphatic rings. The fourth-order valence-electron chi connectivity index (χ4n) is 1.29. The van der Waals surface area contributed by atoms with Crippen molar-refractivity contribution < 1.29 is 19.8 Å². The molecule has 1 aromatic rings. The Morgan fingerprint density at radius 1 is 1.35 bits per heavy atom. The maximum atomic E-state index is 11.5. The first-order valence-electron chi connectivity index (χ1n) is 5.03. The van der Waals surface area contributed by atoms with Gasteiger partial charge in [0.25, 0.3) is 5.91 Å². The van der Waals surface area contributed by atoms with Gasteiger partial charge < -0.3 is 21.3 Å². The van der Waals surface area contributed by atoms with E-state index < -0.39 is 24.4 Å². The number of carboxylic acids is 1. The van der Waals surface area contributed by atoms with Crippen LogP contribution in [0.3, 0.4) is 0 Å².